The Morgan fingerprint density at radius 1 is 1.21 bits per heavy atom. The maximum Gasteiger partial charge on any atom is 0.422 e. The Bertz CT molecular complexity index is 1140. The van der Waals surface area contributed by atoms with Crippen LogP contribution in [0.4, 0.5) is 4.79 Å². The van der Waals surface area contributed by atoms with E-state index in [0.29, 0.717) is 29.9 Å². The number of amides is 1. The molecule has 9 nitrogen and oxygen atoms in total. The number of hydrogen-bond acceptors (Lipinski definition) is 6. The zero-order valence-corrected chi connectivity index (χ0v) is 21.5. The molecule has 0 aliphatic carbocycles. The third-order valence-corrected chi connectivity index (χ3v) is 7.01. The van der Waals surface area contributed by atoms with E-state index in [1.165, 1.54) is 15.9 Å². The minimum atomic E-state index is -1.08. The number of rotatable bonds is 6. The number of thiophene rings is 1. The molecule has 1 unspecified atom stereocenters. The molecule has 0 bridgehead atoms. The second-order valence-corrected chi connectivity index (χ2v) is 12.0. The molecule has 0 saturated carbocycles. The van der Waals surface area contributed by atoms with Crippen molar-refractivity contribution in [2.75, 3.05) is 6.61 Å². The van der Waals surface area contributed by atoms with Crippen LogP contribution in [0.25, 0.3) is 10.2 Å². The third-order valence-electron chi connectivity index (χ3n) is 5.70. The highest BCUT2D eigenvalue weighted by Gasteiger charge is 2.28. The van der Waals surface area contributed by atoms with E-state index in [-0.39, 0.29) is 29.3 Å². The van der Waals surface area contributed by atoms with Crippen molar-refractivity contribution in [3.8, 4) is 0 Å². The Morgan fingerprint density at radius 3 is 2.39 bits per heavy atom. The lowest BCUT2D eigenvalue weighted by Gasteiger charge is -2.33. The van der Waals surface area contributed by atoms with Gasteiger partial charge in [0.15, 0.2) is 0 Å². The van der Waals surface area contributed by atoms with E-state index in [4.69, 9.17) is 4.74 Å². The molecule has 33 heavy (non-hydrogen) atoms. The second kappa shape index (κ2) is 9.23. The summed E-state index contributed by atoms with van der Waals surface area (Å²) in [5.41, 5.74) is 2.25. The van der Waals surface area contributed by atoms with Crippen LogP contribution in [0.2, 0.25) is 0 Å². The number of hydrogen-bond donors (Lipinski definition) is 2. The van der Waals surface area contributed by atoms with Gasteiger partial charge in [0.2, 0.25) is 0 Å². The molecule has 1 atom stereocenters. The quantitative estimate of drug-likeness (QED) is 0.613. The molecule has 2 N–H and O–H groups in total. The first-order chi connectivity index (χ1) is 15.2. The normalized spacial score (nSPS) is 17.1. The number of hydrazine groups is 1. The summed E-state index contributed by atoms with van der Waals surface area (Å²) in [6.45, 7) is 14.9. The minimum Gasteiger partial charge on any atom is -0.464 e. The lowest BCUT2D eigenvalue weighted by Crippen LogP contribution is -2.52. The Labute approximate surface area is 197 Å². The van der Waals surface area contributed by atoms with E-state index in [0.717, 1.165) is 28.3 Å². The Balaban J connectivity index is 2.12. The van der Waals surface area contributed by atoms with Crippen molar-refractivity contribution in [2.45, 2.75) is 92.6 Å². The van der Waals surface area contributed by atoms with Crippen LogP contribution in [0, 0.1) is 12.3 Å². The third kappa shape index (κ3) is 5.50. The van der Waals surface area contributed by atoms with Gasteiger partial charge in [-0.2, -0.15) is 0 Å². The van der Waals surface area contributed by atoms with Crippen molar-refractivity contribution in [3.63, 3.8) is 0 Å². The van der Waals surface area contributed by atoms with E-state index >= 15 is 0 Å². The molecule has 1 fully saturated rings. The predicted octanol–water partition coefficient (Wildman–Crippen LogP) is 3.54. The highest BCUT2D eigenvalue weighted by molar-refractivity contribution is 7.18. The maximum absolute atomic E-state index is 13.5. The van der Waals surface area contributed by atoms with Gasteiger partial charge in [-0.05, 0) is 51.5 Å². The SMILES string of the molecule is Cc1c(CNN(C(=O)O)C(C)(C)C)sc2c1c(=O)n(CC(C)(C)C)c(=O)n2CC1CCCO1. The van der Waals surface area contributed by atoms with E-state index in [1.54, 1.807) is 25.3 Å². The number of carboxylic acid groups (broad SMARTS) is 1. The van der Waals surface area contributed by atoms with Crippen LogP contribution in [0.15, 0.2) is 9.59 Å². The summed E-state index contributed by atoms with van der Waals surface area (Å²) >= 11 is 1.37. The van der Waals surface area contributed by atoms with Crippen LogP contribution < -0.4 is 16.7 Å². The molecule has 2 aromatic heterocycles. The Morgan fingerprint density at radius 2 is 1.88 bits per heavy atom. The number of ether oxygens (including phenoxy) is 1. The molecule has 1 amide bonds. The van der Waals surface area contributed by atoms with Crippen LogP contribution in [0.1, 0.15) is 64.8 Å². The molecule has 0 spiro atoms. The average molecular weight is 481 g/mol. The van der Waals surface area contributed by atoms with Crippen LogP contribution in [-0.4, -0.2) is 43.6 Å². The summed E-state index contributed by atoms with van der Waals surface area (Å²) < 4.78 is 8.80. The standard InChI is InChI=1S/C23H36N4O5S/c1-14-16(11-24-27(21(30)31)23(5,6)7)33-19-17(14)18(28)26(13-22(2,3)4)20(29)25(19)12-15-9-8-10-32-15/h15,24H,8-13H2,1-7H3,(H,30,31). The first-order valence-electron chi connectivity index (χ1n) is 11.3. The first-order valence-corrected chi connectivity index (χ1v) is 12.2. The van der Waals surface area contributed by atoms with Crippen LogP contribution in [0.5, 0.6) is 0 Å². The van der Waals surface area contributed by atoms with E-state index in [1.807, 2.05) is 27.7 Å². The zero-order chi connectivity index (χ0) is 24.7. The number of aromatic nitrogens is 2. The van der Waals surface area contributed by atoms with Crippen molar-refractivity contribution >= 4 is 27.6 Å². The first kappa shape index (κ1) is 25.5. The summed E-state index contributed by atoms with van der Waals surface area (Å²) in [4.78, 5) is 40.1. The van der Waals surface area contributed by atoms with Crippen LogP contribution in [0.3, 0.4) is 0 Å². The molecule has 184 valence electrons. The van der Waals surface area contributed by atoms with Crippen molar-refractivity contribution in [3.05, 3.63) is 31.3 Å². The second-order valence-electron chi connectivity index (χ2n) is 10.9. The predicted molar refractivity (Wildman–Crippen MR) is 130 cm³/mol. The van der Waals surface area contributed by atoms with E-state index in [2.05, 4.69) is 5.43 Å². The summed E-state index contributed by atoms with van der Waals surface area (Å²) in [6.07, 6.45) is 0.702. The monoisotopic (exact) mass is 480 g/mol. The number of nitrogens with zero attached hydrogens (tertiary/aromatic N) is 3. The summed E-state index contributed by atoms with van der Waals surface area (Å²) in [5, 5.41) is 11.3. The van der Waals surface area contributed by atoms with E-state index < -0.39 is 11.6 Å². The smallest absolute Gasteiger partial charge is 0.422 e. The lowest BCUT2D eigenvalue weighted by molar-refractivity contribution is 0.0626. The van der Waals surface area contributed by atoms with Crippen molar-refractivity contribution in [1.82, 2.24) is 19.6 Å². The molecule has 3 rings (SSSR count). The number of carbonyl (C=O) groups is 1. The van der Waals surface area contributed by atoms with Crippen molar-refractivity contribution < 1.29 is 14.6 Å². The topological polar surface area (TPSA) is 106 Å². The van der Waals surface area contributed by atoms with Crippen molar-refractivity contribution in [2.24, 2.45) is 5.41 Å². The van der Waals surface area contributed by atoms with Gasteiger partial charge in [0.1, 0.15) is 4.83 Å². The fraction of sp³-hybridized carbons (Fsp3) is 0.696. The maximum atomic E-state index is 13.5. The van der Waals surface area contributed by atoms with E-state index in [9.17, 15) is 19.5 Å². The van der Waals surface area contributed by atoms with Gasteiger partial charge in [0.05, 0.1) is 30.1 Å². The zero-order valence-electron chi connectivity index (χ0n) is 20.7. The molecule has 10 heteroatoms. The Hall–Kier alpha value is -2.17. The largest absolute Gasteiger partial charge is 0.464 e. The van der Waals surface area contributed by atoms with Gasteiger partial charge in [0.25, 0.3) is 5.56 Å². The van der Waals surface area contributed by atoms with Gasteiger partial charge in [-0.15, -0.1) is 11.3 Å². The van der Waals surface area contributed by atoms with Crippen LogP contribution in [-0.2, 0) is 24.4 Å². The molecular weight excluding hydrogens is 444 g/mol. The molecule has 0 aromatic carbocycles. The van der Waals surface area contributed by atoms with Gasteiger partial charge >= 0.3 is 11.8 Å². The highest BCUT2D eigenvalue weighted by Crippen LogP contribution is 2.29. The fourth-order valence-electron chi connectivity index (χ4n) is 4.12. The lowest BCUT2D eigenvalue weighted by atomic mass is 9.97. The number of aryl methyl sites for hydroxylation is 1. The molecule has 1 saturated heterocycles. The summed E-state index contributed by atoms with van der Waals surface area (Å²) in [6, 6.07) is 0. The van der Waals surface area contributed by atoms with Gasteiger partial charge in [-0.1, -0.05) is 20.8 Å². The van der Waals surface area contributed by atoms with Gasteiger partial charge in [0, 0.05) is 18.0 Å². The number of nitrogens with one attached hydrogen (secondary N) is 1. The molecule has 1 aliphatic heterocycles. The summed E-state index contributed by atoms with van der Waals surface area (Å²) in [7, 11) is 0. The molecule has 0 radical (unpaired) electrons. The molecule has 2 aromatic rings. The average Bonchev–Trinajstić information content (AvgIpc) is 3.28. The Kier molecular flexibility index (Phi) is 7.12. The fourth-order valence-corrected chi connectivity index (χ4v) is 5.35. The van der Waals surface area contributed by atoms with Gasteiger partial charge in [-0.25, -0.2) is 20.0 Å². The molecule has 1 aliphatic rings. The highest BCUT2D eigenvalue weighted by atomic mass is 32.1. The molecule has 3 heterocycles. The minimum absolute atomic E-state index is 0.0566. The number of fused-ring (bicyclic) bond motifs is 1. The van der Waals surface area contributed by atoms with Crippen molar-refractivity contribution in [1.29, 1.82) is 0 Å². The van der Waals surface area contributed by atoms with Gasteiger partial charge < -0.3 is 9.84 Å². The van der Waals surface area contributed by atoms with Gasteiger partial charge in [-0.3, -0.25) is 13.9 Å². The van der Waals surface area contributed by atoms with Crippen LogP contribution >= 0.6 is 11.3 Å². The molecular formula is C23H36N4O5S. The summed E-state index contributed by atoms with van der Waals surface area (Å²) in [5.74, 6) is 0.